The van der Waals surface area contributed by atoms with Crippen LogP contribution in [0, 0.1) is 5.92 Å². The second-order valence-corrected chi connectivity index (χ2v) is 11.6. The molecule has 1 nitrogen and oxygen atoms in total. The predicted octanol–water partition coefficient (Wildman–Crippen LogP) is 3.82. The molecule has 2 heteroatoms. The van der Waals surface area contributed by atoms with E-state index in [1.165, 1.54) is 38.1 Å². The largest absolute Gasteiger partial charge is 0.389 e. The zero-order valence-electron chi connectivity index (χ0n) is 10.5. The lowest BCUT2D eigenvalue weighted by atomic mass is 9.85. The lowest BCUT2D eigenvalue weighted by Crippen LogP contribution is -2.21. The number of aliphatic hydroxyl groups is 1. The van der Waals surface area contributed by atoms with Crippen LogP contribution < -0.4 is 0 Å². The van der Waals surface area contributed by atoms with Crippen LogP contribution in [0.3, 0.4) is 0 Å². The SMILES string of the molecule is C[Si](C)(C)C/C=C\[C@H](O)C1CCCCC1. The maximum atomic E-state index is 10.00. The van der Waals surface area contributed by atoms with Gasteiger partial charge in [-0.1, -0.05) is 51.1 Å². The molecule has 1 saturated carbocycles. The number of aliphatic hydroxyl groups excluding tert-OH is 1. The number of rotatable bonds is 4. The van der Waals surface area contributed by atoms with Gasteiger partial charge in [-0.2, -0.15) is 0 Å². The Bertz CT molecular complexity index is 199. The van der Waals surface area contributed by atoms with Gasteiger partial charge in [-0.3, -0.25) is 0 Å². The van der Waals surface area contributed by atoms with Gasteiger partial charge in [-0.25, -0.2) is 0 Å². The second-order valence-electron chi connectivity index (χ2n) is 6.08. The summed E-state index contributed by atoms with van der Waals surface area (Å²) in [5.41, 5.74) is 0. The molecule has 0 amide bonds. The molecular formula is C13H26OSi. The van der Waals surface area contributed by atoms with Crippen LogP contribution in [0.1, 0.15) is 32.1 Å². The van der Waals surface area contributed by atoms with Crippen molar-refractivity contribution >= 4 is 8.07 Å². The van der Waals surface area contributed by atoms with Gasteiger partial charge in [0.05, 0.1) is 6.10 Å². The van der Waals surface area contributed by atoms with Crippen LogP contribution in [0.4, 0.5) is 0 Å². The van der Waals surface area contributed by atoms with Crippen molar-refractivity contribution in [1.29, 1.82) is 0 Å². The zero-order chi connectivity index (χ0) is 11.3. The predicted molar refractivity (Wildman–Crippen MR) is 69.9 cm³/mol. The van der Waals surface area contributed by atoms with E-state index in [0.717, 1.165) is 0 Å². The molecule has 0 saturated heterocycles. The maximum Gasteiger partial charge on any atom is 0.0748 e. The van der Waals surface area contributed by atoms with E-state index < -0.39 is 8.07 Å². The summed E-state index contributed by atoms with van der Waals surface area (Å²) in [6.45, 7) is 7.10. The Kier molecular flexibility index (Phi) is 5.07. The van der Waals surface area contributed by atoms with Gasteiger partial charge >= 0.3 is 0 Å². The summed E-state index contributed by atoms with van der Waals surface area (Å²) in [6, 6.07) is 1.19. The summed E-state index contributed by atoms with van der Waals surface area (Å²) in [4.78, 5) is 0. The molecule has 1 fully saturated rings. The average molecular weight is 226 g/mol. The monoisotopic (exact) mass is 226 g/mol. The molecule has 0 aromatic heterocycles. The molecule has 1 atom stereocenters. The molecule has 0 unspecified atom stereocenters. The Hall–Kier alpha value is -0.0831. The highest BCUT2D eigenvalue weighted by molar-refractivity contribution is 6.76. The summed E-state index contributed by atoms with van der Waals surface area (Å²) in [7, 11) is -0.971. The number of hydrogen-bond donors (Lipinski definition) is 1. The first-order valence-corrected chi connectivity index (χ1v) is 10.0. The van der Waals surface area contributed by atoms with Crippen LogP contribution in [0.5, 0.6) is 0 Å². The lowest BCUT2D eigenvalue weighted by molar-refractivity contribution is 0.125. The summed E-state index contributed by atoms with van der Waals surface area (Å²) in [5, 5.41) is 10.00. The Morgan fingerprint density at radius 3 is 2.33 bits per heavy atom. The van der Waals surface area contributed by atoms with Gasteiger partial charge in [-0.05, 0) is 24.8 Å². The minimum absolute atomic E-state index is 0.179. The van der Waals surface area contributed by atoms with Crippen molar-refractivity contribution < 1.29 is 5.11 Å². The molecule has 15 heavy (non-hydrogen) atoms. The Labute approximate surface area is 95.6 Å². The van der Waals surface area contributed by atoms with Crippen molar-refractivity contribution in [1.82, 2.24) is 0 Å². The molecule has 0 heterocycles. The first kappa shape index (κ1) is 13.0. The Balaban J connectivity index is 2.30. The summed E-state index contributed by atoms with van der Waals surface area (Å²) in [6.07, 6.45) is 10.5. The highest BCUT2D eigenvalue weighted by Crippen LogP contribution is 2.27. The first-order valence-electron chi connectivity index (χ1n) is 6.34. The minimum Gasteiger partial charge on any atom is -0.389 e. The third-order valence-corrected chi connectivity index (χ3v) is 4.66. The van der Waals surface area contributed by atoms with Crippen LogP contribution >= 0.6 is 0 Å². The normalized spacial score (nSPS) is 22.1. The number of allylic oxidation sites excluding steroid dienone is 1. The summed E-state index contributed by atoms with van der Waals surface area (Å²) in [5.74, 6) is 0.539. The maximum absolute atomic E-state index is 10.00. The molecule has 0 aliphatic heterocycles. The van der Waals surface area contributed by atoms with Crippen molar-refractivity contribution in [3.8, 4) is 0 Å². The third kappa shape index (κ3) is 5.52. The van der Waals surface area contributed by atoms with Crippen LogP contribution in [0.15, 0.2) is 12.2 Å². The molecule has 1 aliphatic carbocycles. The van der Waals surface area contributed by atoms with Gasteiger partial charge in [0.25, 0.3) is 0 Å². The highest BCUT2D eigenvalue weighted by Gasteiger charge is 2.19. The van der Waals surface area contributed by atoms with Crippen LogP contribution in [0.2, 0.25) is 25.7 Å². The van der Waals surface area contributed by atoms with E-state index in [1.807, 2.05) is 6.08 Å². The van der Waals surface area contributed by atoms with Crippen LogP contribution in [-0.2, 0) is 0 Å². The van der Waals surface area contributed by atoms with Crippen LogP contribution in [-0.4, -0.2) is 19.3 Å². The van der Waals surface area contributed by atoms with Gasteiger partial charge in [0.1, 0.15) is 0 Å². The van der Waals surface area contributed by atoms with Gasteiger partial charge < -0.3 is 5.11 Å². The quantitative estimate of drug-likeness (QED) is 0.571. The standard InChI is InChI=1S/C13H26OSi/c1-15(2,3)11-7-10-13(14)12-8-5-4-6-9-12/h7,10,12-14H,4-6,8-9,11H2,1-3H3/b10-7-/t13-/m0/s1. The minimum atomic E-state index is -0.971. The molecule has 88 valence electrons. The van der Waals surface area contributed by atoms with Crippen molar-refractivity contribution in [2.75, 3.05) is 0 Å². The van der Waals surface area contributed by atoms with Gasteiger partial charge in [0, 0.05) is 8.07 Å². The molecule has 1 aliphatic rings. The average Bonchev–Trinajstić information content (AvgIpc) is 2.17. The van der Waals surface area contributed by atoms with Gasteiger partial charge in [-0.15, -0.1) is 0 Å². The van der Waals surface area contributed by atoms with E-state index >= 15 is 0 Å². The van der Waals surface area contributed by atoms with Crippen molar-refractivity contribution in [2.45, 2.75) is 63.9 Å². The van der Waals surface area contributed by atoms with Crippen LogP contribution in [0.25, 0.3) is 0 Å². The Morgan fingerprint density at radius 2 is 1.80 bits per heavy atom. The summed E-state index contributed by atoms with van der Waals surface area (Å²) < 4.78 is 0. The highest BCUT2D eigenvalue weighted by atomic mass is 28.3. The molecule has 0 radical (unpaired) electrons. The van der Waals surface area contributed by atoms with Crippen molar-refractivity contribution in [3.05, 3.63) is 12.2 Å². The van der Waals surface area contributed by atoms with E-state index in [2.05, 4.69) is 25.7 Å². The molecule has 0 aromatic rings. The molecule has 1 N–H and O–H groups in total. The second kappa shape index (κ2) is 5.85. The smallest absolute Gasteiger partial charge is 0.0748 e. The van der Waals surface area contributed by atoms with Gasteiger partial charge in [0.15, 0.2) is 0 Å². The zero-order valence-corrected chi connectivity index (χ0v) is 11.5. The van der Waals surface area contributed by atoms with Crippen molar-refractivity contribution in [2.24, 2.45) is 5.92 Å². The summed E-state index contributed by atoms with van der Waals surface area (Å²) >= 11 is 0. The van der Waals surface area contributed by atoms with E-state index in [1.54, 1.807) is 0 Å². The van der Waals surface area contributed by atoms with E-state index in [4.69, 9.17) is 0 Å². The fourth-order valence-electron chi connectivity index (χ4n) is 2.19. The molecule has 0 bridgehead atoms. The fraction of sp³-hybridized carbons (Fsp3) is 0.846. The lowest BCUT2D eigenvalue weighted by Gasteiger charge is -2.24. The molecule has 0 spiro atoms. The third-order valence-electron chi connectivity index (χ3n) is 3.20. The molecule has 1 rings (SSSR count). The van der Waals surface area contributed by atoms with E-state index in [0.29, 0.717) is 5.92 Å². The Morgan fingerprint density at radius 1 is 1.20 bits per heavy atom. The molecule has 0 aromatic carbocycles. The molecular weight excluding hydrogens is 200 g/mol. The first-order chi connectivity index (χ1) is 6.99. The van der Waals surface area contributed by atoms with Crippen molar-refractivity contribution in [3.63, 3.8) is 0 Å². The van der Waals surface area contributed by atoms with E-state index in [-0.39, 0.29) is 6.10 Å². The number of hydrogen-bond acceptors (Lipinski definition) is 1. The van der Waals surface area contributed by atoms with E-state index in [9.17, 15) is 5.11 Å². The topological polar surface area (TPSA) is 20.2 Å². The fourth-order valence-corrected chi connectivity index (χ4v) is 3.04. The van der Waals surface area contributed by atoms with Gasteiger partial charge in [0.2, 0.25) is 0 Å².